The van der Waals surface area contributed by atoms with Crippen LogP contribution in [0.15, 0.2) is 30.5 Å². The number of aromatic carboxylic acids is 1. The molecule has 0 aliphatic carbocycles. The normalized spacial score (nSPS) is 10.2. The highest BCUT2D eigenvalue weighted by atomic mass is 16.4. The predicted octanol–water partition coefficient (Wildman–Crippen LogP) is 1.69. The zero-order chi connectivity index (χ0) is 12.4. The Balaban J connectivity index is 2.39. The van der Waals surface area contributed by atoms with Crippen molar-refractivity contribution in [2.24, 2.45) is 0 Å². The number of benzene rings is 1. The zero-order valence-corrected chi connectivity index (χ0v) is 9.12. The number of carbonyl (C=O) groups is 2. The summed E-state index contributed by atoms with van der Waals surface area (Å²) in [7, 11) is 0. The minimum Gasteiger partial charge on any atom is -0.478 e. The van der Waals surface area contributed by atoms with E-state index in [1.807, 2.05) is 0 Å². The second-order valence-electron chi connectivity index (χ2n) is 3.58. The molecule has 0 amide bonds. The van der Waals surface area contributed by atoms with Gasteiger partial charge in [0, 0.05) is 6.20 Å². The van der Waals surface area contributed by atoms with Crippen molar-refractivity contribution in [3.8, 4) is 5.69 Å². The van der Waals surface area contributed by atoms with Crippen LogP contribution in [0.3, 0.4) is 0 Å². The Morgan fingerprint density at radius 1 is 1.35 bits per heavy atom. The molecule has 5 heteroatoms. The fraction of sp³-hybridized carbons (Fsp3) is 0.0833. The van der Waals surface area contributed by atoms with Crippen LogP contribution in [-0.2, 0) is 0 Å². The fourth-order valence-corrected chi connectivity index (χ4v) is 1.48. The summed E-state index contributed by atoms with van der Waals surface area (Å²) in [6.07, 6.45) is 2.35. The van der Waals surface area contributed by atoms with Crippen LogP contribution >= 0.6 is 0 Å². The summed E-state index contributed by atoms with van der Waals surface area (Å²) in [6, 6.07) is 6.28. The quantitative estimate of drug-likeness (QED) is 0.814. The van der Waals surface area contributed by atoms with Gasteiger partial charge in [-0.1, -0.05) is 0 Å². The van der Waals surface area contributed by atoms with Gasteiger partial charge in [0.15, 0.2) is 6.29 Å². The van der Waals surface area contributed by atoms with E-state index in [0.717, 1.165) is 6.29 Å². The summed E-state index contributed by atoms with van der Waals surface area (Å²) in [5.74, 6) is -0.971. The van der Waals surface area contributed by atoms with Gasteiger partial charge in [0.1, 0.15) is 0 Å². The van der Waals surface area contributed by atoms with Crippen LogP contribution in [0, 0.1) is 6.92 Å². The van der Waals surface area contributed by atoms with E-state index in [2.05, 4.69) is 5.10 Å². The van der Waals surface area contributed by atoms with Gasteiger partial charge in [0.25, 0.3) is 0 Å². The molecule has 0 radical (unpaired) electrons. The lowest BCUT2D eigenvalue weighted by Crippen LogP contribution is -1.98. The molecule has 0 fully saturated rings. The maximum Gasteiger partial charge on any atom is 0.335 e. The minimum absolute atomic E-state index is 0.216. The average molecular weight is 230 g/mol. The monoisotopic (exact) mass is 230 g/mol. The Kier molecular flexibility index (Phi) is 2.74. The van der Waals surface area contributed by atoms with Gasteiger partial charge >= 0.3 is 5.97 Å². The first-order valence-corrected chi connectivity index (χ1v) is 4.97. The van der Waals surface area contributed by atoms with E-state index in [1.165, 1.54) is 12.1 Å². The Morgan fingerprint density at radius 2 is 2.00 bits per heavy atom. The number of hydrogen-bond donors (Lipinski definition) is 1. The van der Waals surface area contributed by atoms with Gasteiger partial charge in [-0.2, -0.15) is 5.10 Å². The average Bonchev–Trinajstić information content (AvgIpc) is 2.70. The SMILES string of the molecule is Cc1nn(-c2ccc(C(=O)O)cc2)cc1C=O. The lowest BCUT2D eigenvalue weighted by Gasteiger charge is -2.01. The first kappa shape index (κ1) is 11.1. The maximum atomic E-state index is 10.7. The number of aryl methyl sites for hydroxylation is 1. The summed E-state index contributed by atoms with van der Waals surface area (Å²) in [5, 5.41) is 12.9. The number of aromatic nitrogens is 2. The van der Waals surface area contributed by atoms with E-state index in [0.29, 0.717) is 16.9 Å². The summed E-state index contributed by atoms with van der Waals surface area (Å²) in [5.41, 5.74) is 2.09. The molecule has 1 aromatic heterocycles. The zero-order valence-electron chi connectivity index (χ0n) is 9.12. The van der Waals surface area contributed by atoms with Gasteiger partial charge in [-0.15, -0.1) is 0 Å². The largest absolute Gasteiger partial charge is 0.478 e. The summed E-state index contributed by atoms with van der Waals surface area (Å²) in [4.78, 5) is 21.4. The highest BCUT2D eigenvalue weighted by Gasteiger charge is 2.06. The van der Waals surface area contributed by atoms with Crippen LogP contribution < -0.4 is 0 Å². The second-order valence-corrected chi connectivity index (χ2v) is 3.58. The smallest absolute Gasteiger partial charge is 0.335 e. The van der Waals surface area contributed by atoms with Gasteiger partial charge in [-0.3, -0.25) is 4.79 Å². The Bertz CT molecular complexity index is 570. The molecule has 86 valence electrons. The Labute approximate surface area is 97.3 Å². The molecule has 0 saturated heterocycles. The van der Waals surface area contributed by atoms with Crippen LogP contribution in [0.5, 0.6) is 0 Å². The molecule has 1 heterocycles. The van der Waals surface area contributed by atoms with E-state index in [-0.39, 0.29) is 5.56 Å². The number of aldehydes is 1. The Hall–Kier alpha value is -2.43. The van der Waals surface area contributed by atoms with Gasteiger partial charge in [-0.25, -0.2) is 9.48 Å². The van der Waals surface area contributed by atoms with Crippen molar-refractivity contribution < 1.29 is 14.7 Å². The number of hydrogen-bond acceptors (Lipinski definition) is 3. The van der Waals surface area contributed by atoms with Crippen molar-refractivity contribution in [3.05, 3.63) is 47.3 Å². The minimum atomic E-state index is -0.971. The Morgan fingerprint density at radius 3 is 2.47 bits per heavy atom. The van der Waals surface area contributed by atoms with Gasteiger partial charge < -0.3 is 5.11 Å². The van der Waals surface area contributed by atoms with Crippen molar-refractivity contribution >= 4 is 12.3 Å². The molecule has 0 spiro atoms. The van der Waals surface area contributed by atoms with Crippen LogP contribution in [0.4, 0.5) is 0 Å². The van der Waals surface area contributed by atoms with Crippen molar-refractivity contribution in [2.45, 2.75) is 6.92 Å². The molecular weight excluding hydrogens is 220 g/mol. The van der Waals surface area contributed by atoms with Crippen molar-refractivity contribution in [1.29, 1.82) is 0 Å². The van der Waals surface area contributed by atoms with E-state index < -0.39 is 5.97 Å². The molecule has 0 bridgehead atoms. The van der Waals surface area contributed by atoms with Crippen molar-refractivity contribution in [2.75, 3.05) is 0 Å². The van der Waals surface area contributed by atoms with Crippen LogP contribution in [0.1, 0.15) is 26.4 Å². The lowest BCUT2D eigenvalue weighted by molar-refractivity contribution is 0.0696. The van der Waals surface area contributed by atoms with Gasteiger partial charge in [0.2, 0.25) is 0 Å². The second kappa shape index (κ2) is 4.21. The number of carboxylic acids is 1. The summed E-state index contributed by atoms with van der Waals surface area (Å²) in [6.45, 7) is 1.74. The predicted molar refractivity (Wildman–Crippen MR) is 60.6 cm³/mol. The highest BCUT2D eigenvalue weighted by Crippen LogP contribution is 2.11. The molecular formula is C12H10N2O3. The number of carbonyl (C=O) groups excluding carboxylic acids is 1. The standard InChI is InChI=1S/C12H10N2O3/c1-8-10(7-15)6-14(13-8)11-4-2-9(3-5-11)12(16)17/h2-7H,1H3,(H,16,17). The molecule has 0 atom stereocenters. The maximum absolute atomic E-state index is 10.7. The van der Waals surface area contributed by atoms with E-state index in [9.17, 15) is 9.59 Å². The number of nitrogens with zero attached hydrogens (tertiary/aromatic N) is 2. The van der Waals surface area contributed by atoms with Gasteiger partial charge in [0.05, 0.1) is 22.5 Å². The number of carboxylic acid groups (broad SMARTS) is 1. The fourth-order valence-electron chi connectivity index (χ4n) is 1.48. The highest BCUT2D eigenvalue weighted by molar-refractivity contribution is 5.87. The molecule has 0 aliphatic rings. The van der Waals surface area contributed by atoms with Crippen molar-refractivity contribution in [1.82, 2.24) is 9.78 Å². The summed E-state index contributed by atoms with van der Waals surface area (Å²) >= 11 is 0. The van der Waals surface area contributed by atoms with E-state index in [4.69, 9.17) is 5.11 Å². The molecule has 0 saturated carbocycles. The molecule has 1 N–H and O–H groups in total. The molecule has 2 rings (SSSR count). The van der Waals surface area contributed by atoms with E-state index in [1.54, 1.807) is 29.9 Å². The van der Waals surface area contributed by atoms with Crippen molar-refractivity contribution in [3.63, 3.8) is 0 Å². The van der Waals surface area contributed by atoms with Crippen LogP contribution in [-0.4, -0.2) is 27.1 Å². The topological polar surface area (TPSA) is 72.2 Å². The van der Waals surface area contributed by atoms with Gasteiger partial charge in [-0.05, 0) is 31.2 Å². The first-order chi connectivity index (χ1) is 8.11. The third kappa shape index (κ3) is 2.08. The molecule has 0 aliphatic heterocycles. The van der Waals surface area contributed by atoms with Crippen LogP contribution in [0.25, 0.3) is 5.69 Å². The first-order valence-electron chi connectivity index (χ1n) is 4.97. The lowest BCUT2D eigenvalue weighted by atomic mass is 10.2. The number of rotatable bonds is 3. The third-order valence-electron chi connectivity index (χ3n) is 2.44. The third-order valence-corrected chi connectivity index (χ3v) is 2.44. The van der Waals surface area contributed by atoms with E-state index >= 15 is 0 Å². The van der Waals surface area contributed by atoms with Crippen LogP contribution in [0.2, 0.25) is 0 Å². The molecule has 0 unspecified atom stereocenters. The molecule has 17 heavy (non-hydrogen) atoms. The summed E-state index contributed by atoms with van der Waals surface area (Å²) < 4.78 is 1.55. The molecule has 2 aromatic rings. The molecule has 1 aromatic carbocycles. The molecule has 5 nitrogen and oxygen atoms in total.